The lowest BCUT2D eigenvalue weighted by Gasteiger charge is -2.29. The molecule has 2 heteroatoms. The third-order valence-electron chi connectivity index (χ3n) is 4.72. The minimum atomic E-state index is 0.403. The monoisotopic (exact) mass is 258 g/mol. The molecular formula is C17H26N2. The van der Waals surface area contributed by atoms with E-state index >= 15 is 0 Å². The van der Waals surface area contributed by atoms with Gasteiger partial charge in [0.25, 0.3) is 0 Å². The Hall–Kier alpha value is -0.860. The van der Waals surface area contributed by atoms with E-state index in [1.54, 1.807) is 0 Å². The molecule has 1 saturated carbocycles. The molecule has 0 aromatic heterocycles. The molecule has 1 aliphatic heterocycles. The number of nitrogens with zero attached hydrogens (tertiary/aromatic N) is 1. The van der Waals surface area contributed by atoms with Crippen LogP contribution in [0.15, 0.2) is 24.3 Å². The van der Waals surface area contributed by atoms with Gasteiger partial charge in [-0.15, -0.1) is 0 Å². The van der Waals surface area contributed by atoms with Crippen molar-refractivity contribution in [2.24, 2.45) is 11.1 Å². The van der Waals surface area contributed by atoms with Gasteiger partial charge >= 0.3 is 0 Å². The number of rotatable bonds is 4. The molecule has 0 bridgehead atoms. The Kier molecular flexibility index (Phi) is 3.40. The number of benzene rings is 1. The summed E-state index contributed by atoms with van der Waals surface area (Å²) in [7, 11) is 0. The van der Waals surface area contributed by atoms with Crippen LogP contribution in [0.2, 0.25) is 0 Å². The molecule has 19 heavy (non-hydrogen) atoms. The largest absolute Gasteiger partial charge is 0.329 e. The van der Waals surface area contributed by atoms with Crippen molar-refractivity contribution in [1.29, 1.82) is 0 Å². The number of hydrogen-bond acceptors (Lipinski definition) is 2. The van der Waals surface area contributed by atoms with E-state index in [1.165, 1.54) is 43.5 Å². The third-order valence-corrected chi connectivity index (χ3v) is 4.72. The Labute approximate surface area is 117 Å². The zero-order valence-electron chi connectivity index (χ0n) is 12.2. The smallest absolute Gasteiger partial charge is 0.0470 e. The first-order chi connectivity index (χ1) is 9.09. The van der Waals surface area contributed by atoms with Gasteiger partial charge in [0.05, 0.1) is 0 Å². The third kappa shape index (κ3) is 2.85. The van der Waals surface area contributed by atoms with Crippen molar-refractivity contribution in [3.8, 4) is 0 Å². The lowest BCUT2D eigenvalue weighted by Crippen LogP contribution is -2.33. The average molecular weight is 258 g/mol. The van der Waals surface area contributed by atoms with Crippen molar-refractivity contribution in [2.45, 2.75) is 45.1 Å². The normalized spacial score (nSPS) is 24.6. The molecule has 1 heterocycles. The summed E-state index contributed by atoms with van der Waals surface area (Å²) in [4.78, 5) is 2.58. The van der Waals surface area contributed by atoms with E-state index in [0.29, 0.717) is 11.5 Å². The van der Waals surface area contributed by atoms with Gasteiger partial charge < -0.3 is 5.73 Å². The molecule has 3 rings (SSSR count). The standard InChI is InChI=1S/C17H26N2/c1-17(2)8-9-19(12-17)16(11-18)15-5-3-4-14(10-15)13-6-7-13/h3-5,10,13,16H,6-9,11-12,18H2,1-2H3. The van der Waals surface area contributed by atoms with Crippen molar-refractivity contribution in [1.82, 2.24) is 4.90 Å². The van der Waals surface area contributed by atoms with Crippen molar-refractivity contribution in [3.63, 3.8) is 0 Å². The van der Waals surface area contributed by atoms with Gasteiger partial charge in [-0.25, -0.2) is 0 Å². The van der Waals surface area contributed by atoms with E-state index in [1.807, 2.05) is 0 Å². The van der Waals surface area contributed by atoms with Crippen LogP contribution in [0.5, 0.6) is 0 Å². The van der Waals surface area contributed by atoms with Crippen LogP contribution >= 0.6 is 0 Å². The second-order valence-electron chi connectivity index (χ2n) is 7.08. The van der Waals surface area contributed by atoms with E-state index in [2.05, 4.69) is 43.0 Å². The second-order valence-corrected chi connectivity index (χ2v) is 7.08. The van der Waals surface area contributed by atoms with Gasteiger partial charge in [-0.3, -0.25) is 4.90 Å². The van der Waals surface area contributed by atoms with Crippen LogP contribution < -0.4 is 5.73 Å². The molecule has 1 aromatic carbocycles. The van der Waals surface area contributed by atoms with Gasteiger partial charge in [-0.1, -0.05) is 38.1 Å². The van der Waals surface area contributed by atoms with Crippen LogP contribution in [0.4, 0.5) is 0 Å². The highest BCUT2D eigenvalue weighted by Gasteiger charge is 2.33. The molecule has 0 radical (unpaired) electrons. The van der Waals surface area contributed by atoms with Crippen LogP contribution in [-0.4, -0.2) is 24.5 Å². The Bertz CT molecular complexity index is 448. The molecule has 0 amide bonds. The average Bonchev–Trinajstić information content (AvgIpc) is 3.16. The maximum absolute atomic E-state index is 6.07. The number of hydrogen-bond donors (Lipinski definition) is 1. The highest BCUT2D eigenvalue weighted by atomic mass is 15.2. The van der Waals surface area contributed by atoms with Gasteiger partial charge in [0, 0.05) is 19.1 Å². The first-order valence-corrected chi connectivity index (χ1v) is 7.63. The van der Waals surface area contributed by atoms with Crippen LogP contribution in [-0.2, 0) is 0 Å². The summed E-state index contributed by atoms with van der Waals surface area (Å²) >= 11 is 0. The summed E-state index contributed by atoms with van der Waals surface area (Å²) < 4.78 is 0. The van der Waals surface area contributed by atoms with Crippen LogP contribution in [0.25, 0.3) is 0 Å². The fraction of sp³-hybridized carbons (Fsp3) is 0.647. The fourth-order valence-corrected chi connectivity index (χ4v) is 3.35. The Balaban J connectivity index is 1.80. The molecule has 2 fully saturated rings. The van der Waals surface area contributed by atoms with Crippen LogP contribution in [0.1, 0.15) is 56.2 Å². The van der Waals surface area contributed by atoms with Gasteiger partial charge in [-0.2, -0.15) is 0 Å². The van der Waals surface area contributed by atoms with E-state index < -0.39 is 0 Å². The predicted molar refractivity (Wildman–Crippen MR) is 80.2 cm³/mol. The van der Waals surface area contributed by atoms with Crippen LogP contribution in [0.3, 0.4) is 0 Å². The number of likely N-dealkylation sites (tertiary alicyclic amines) is 1. The van der Waals surface area contributed by atoms with Crippen molar-refractivity contribution < 1.29 is 0 Å². The van der Waals surface area contributed by atoms with Crippen LogP contribution in [0, 0.1) is 5.41 Å². The SMILES string of the molecule is CC1(C)CCN(C(CN)c2cccc(C3CC3)c2)C1. The van der Waals surface area contributed by atoms with Crippen molar-refractivity contribution >= 4 is 0 Å². The summed E-state index contributed by atoms with van der Waals surface area (Å²) in [5, 5.41) is 0. The molecule has 104 valence electrons. The maximum atomic E-state index is 6.07. The summed E-state index contributed by atoms with van der Waals surface area (Å²) in [6.07, 6.45) is 4.02. The molecule has 2 aliphatic rings. The lowest BCUT2D eigenvalue weighted by atomic mass is 9.93. The first kappa shape index (κ1) is 13.1. The molecule has 1 unspecified atom stereocenters. The molecule has 1 saturated heterocycles. The molecule has 0 spiro atoms. The van der Waals surface area contributed by atoms with E-state index in [4.69, 9.17) is 5.73 Å². The minimum absolute atomic E-state index is 0.403. The Morgan fingerprint density at radius 3 is 2.74 bits per heavy atom. The predicted octanol–water partition coefficient (Wildman–Crippen LogP) is 3.30. The zero-order valence-corrected chi connectivity index (χ0v) is 12.2. The molecule has 1 aliphatic carbocycles. The fourth-order valence-electron chi connectivity index (χ4n) is 3.35. The highest BCUT2D eigenvalue weighted by Crippen LogP contribution is 2.41. The molecule has 1 atom stereocenters. The second kappa shape index (κ2) is 4.92. The minimum Gasteiger partial charge on any atom is -0.329 e. The summed E-state index contributed by atoms with van der Waals surface area (Å²) in [5.74, 6) is 0.827. The van der Waals surface area contributed by atoms with Gasteiger partial charge in [0.2, 0.25) is 0 Å². The van der Waals surface area contributed by atoms with E-state index in [0.717, 1.165) is 12.5 Å². The number of nitrogens with two attached hydrogens (primary N) is 1. The molecule has 1 aromatic rings. The topological polar surface area (TPSA) is 29.3 Å². The Morgan fingerprint density at radius 2 is 2.16 bits per heavy atom. The molecule has 2 N–H and O–H groups in total. The van der Waals surface area contributed by atoms with Gasteiger partial charge in [-0.05, 0) is 48.3 Å². The van der Waals surface area contributed by atoms with Crippen molar-refractivity contribution in [3.05, 3.63) is 35.4 Å². The summed E-state index contributed by atoms with van der Waals surface area (Å²) in [6, 6.07) is 9.56. The highest BCUT2D eigenvalue weighted by molar-refractivity contribution is 5.31. The van der Waals surface area contributed by atoms with E-state index in [-0.39, 0.29) is 0 Å². The van der Waals surface area contributed by atoms with E-state index in [9.17, 15) is 0 Å². The quantitative estimate of drug-likeness (QED) is 0.898. The molecular weight excluding hydrogens is 232 g/mol. The molecule has 2 nitrogen and oxygen atoms in total. The summed E-state index contributed by atoms with van der Waals surface area (Å²) in [5.41, 5.74) is 9.46. The zero-order chi connectivity index (χ0) is 13.5. The Morgan fingerprint density at radius 1 is 1.37 bits per heavy atom. The maximum Gasteiger partial charge on any atom is 0.0470 e. The van der Waals surface area contributed by atoms with Gasteiger partial charge in [0.1, 0.15) is 0 Å². The lowest BCUT2D eigenvalue weighted by molar-refractivity contribution is 0.223. The van der Waals surface area contributed by atoms with Gasteiger partial charge in [0.15, 0.2) is 0 Å². The first-order valence-electron chi connectivity index (χ1n) is 7.63. The van der Waals surface area contributed by atoms with Crippen molar-refractivity contribution in [2.75, 3.05) is 19.6 Å². The summed E-state index contributed by atoms with van der Waals surface area (Å²) in [6.45, 7) is 7.80.